The number of alkyl halides is 3. The van der Waals surface area contributed by atoms with E-state index in [-0.39, 0.29) is 35.3 Å². The molecule has 28 heavy (non-hydrogen) atoms. The highest BCUT2D eigenvalue weighted by Gasteiger charge is 2.28. The summed E-state index contributed by atoms with van der Waals surface area (Å²) in [6.45, 7) is -0.684. The average Bonchev–Trinajstić information content (AvgIpc) is 3.05. The largest absolute Gasteiger partial charge is 0.455 e. The van der Waals surface area contributed by atoms with Gasteiger partial charge in [0.25, 0.3) is 5.91 Å². The Morgan fingerprint density at radius 3 is 2.46 bits per heavy atom. The maximum absolute atomic E-state index is 12.3. The van der Waals surface area contributed by atoms with E-state index in [9.17, 15) is 26.4 Å². The molecule has 0 fully saturated rings. The van der Waals surface area contributed by atoms with Gasteiger partial charge in [-0.15, -0.1) is 0 Å². The molecule has 0 bridgehead atoms. The van der Waals surface area contributed by atoms with E-state index in [0.29, 0.717) is 6.42 Å². The molecular formula is C18H21F3N2O4S. The Bertz CT molecular complexity index is 880. The van der Waals surface area contributed by atoms with E-state index in [1.807, 2.05) is 0 Å². The molecule has 2 rings (SSSR count). The lowest BCUT2D eigenvalue weighted by atomic mass is 10.3. The minimum absolute atomic E-state index is 0.0538. The van der Waals surface area contributed by atoms with Crippen LogP contribution in [-0.4, -0.2) is 52.1 Å². The van der Waals surface area contributed by atoms with Gasteiger partial charge in [-0.3, -0.25) is 9.69 Å². The lowest BCUT2D eigenvalue weighted by Gasteiger charge is -2.18. The Morgan fingerprint density at radius 2 is 1.82 bits per heavy atom. The molecule has 1 N–H and O–H groups in total. The highest BCUT2D eigenvalue weighted by Crippen LogP contribution is 2.18. The Kier molecular flexibility index (Phi) is 7.25. The van der Waals surface area contributed by atoms with Crippen molar-refractivity contribution in [3.63, 3.8) is 0 Å². The van der Waals surface area contributed by atoms with Crippen LogP contribution in [0.1, 0.15) is 22.7 Å². The van der Waals surface area contributed by atoms with Crippen LogP contribution < -0.4 is 5.32 Å². The van der Waals surface area contributed by atoms with Crippen LogP contribution in [0, 0.1) is 0 Å². The lowest BCUT2D eigenvalue weighted by Crippen LogP contribution is -2.33. The number of benzene rings is 1. The van der Waals surface area contributed by atoms with Crippen molar-refractivity contribution in [3.8, 4) is 0 Å². The molecule has 0 spiro atoms. The van der Waals surface area contributed by atoms with Crippen LogP contribution in [0.15, 0.2) is 51.8 Å². The second kappa shape index (κ2) is 9.24. The molecule has 154 valence electrons. The minimum Gasteiger partial charge on any atom is -0.455 e. The number of rotatable bonds is 9. The third-order valence-electron chi connectivity index (χ3n) is 3.77. The number of sulfone groups is 1. The predicted octanol–water partition coefficient (Wildman–Crippen LogP) is 2.87. The van der Waals surface area contributed by atoms with Crippen LogP contribution in [0.2, 0.25) is 0 Å². The van der Waals surface area contributed by atoms with Gasteiger partial charge in [-0.2, -0.15) is 13.2 Å². The van der Waals surface area contributed by atoms with E-state index in [2.05, 4.69) is 5.32 Å². The lowest BCUT2D eigenvalue weighted by molar-refractivity contribution is -0.143. The summed E-state index contributed by atoms with van der Waals surface area (Å²) in [6.07, 6.45) is -3.93. The van der Waals surface area contributed by atoms with E-state index in [0.717, 1.165) is 4.90 Å². The first kappa shape index (κ1) is 22.0. The number of furan rings is 1. The summed E-state index contributed by atoms with van der Waals surface area (Å²) in [5, 5.41) is 2.53. The number of nitrogens with one attached hydrogen (secondary N) is 1. The van der Waals surface area contributed by atoms with Crippen LogP contribution in [0.4, 0.5) is 13.2 Å². The SMILES string of the molecule is CN(CCCNC(=O)c1ccc(CS(=O)(=O)c2ccccc2)o1)CC(F)(F)F. The Hall–Kier alpha value is -2.33. The number of amides is 1. The van der Waals surface area contributed by atoms with Crippen molar-refractivity contribution in [2.45, 2.75) is 23.2 Å². The van der Waals surface area contributed by atoms with Crippen LogP contribution in [0.5, 0.6) is 0 Å². The maximum Gasteiger partial charge on any atom is 0.401 e. The van der Waals surface area contributed by atoms with Gasteiger partial charge in [-0.05, 0) is 44.3 Å². The first-order chi connectivity index (χ1) is 13.1. The van der Waals surface area contributed by atoms with Crippen LogP contribution >= 0.6 is 0 Å². The van der Waals surface area contributed by atoms with Crippen molar-refractivity contribution >= 4 is 15.7 Å². The van der Waals surface area contributed by atoms with Crippen LogP contribution in [0.25, 0.3) is 0 Å². The van der Waals surface area contributed by atoms with Crippen molar-refractivity contribution in [2.24, 2.45) is 0 Å². The van der Waals surface area contributed by atoms with E-state index in [1.165, 1.54) is 31.3 Å². The molecule has 1 aromatic carbocycles. The third kappa shape index (κ3) is 7.01. The molecule has 1 amide bonds. The Labute approximate surface area is 161 Å². The summed E-state index contributed by atoms with van der Waals surface area (Å²) >= 11 is 0. The molecule has 0 unspecified atom stereocenters. The van der Waals surface area contributed by atoms with Crippen molar-refractivity contribution in [3.05, 3.63) is 54.0 Å². The average molecular weight is 418 g/mol. The van der Waals surface area contributed by atoms with E-state index < -0.39 is 28.5 Å². The number of halogens is 3. The normalized spacial score (nSPS) is 12.3. The van der Waals surface area contributed by atoms with Crippen LogP contribution in [0.3, 0.4) is 0 Å². The van der Waals surface area contributed by atoms with E-state index >= 15 is 0 Å². The molecule has 0 aliphatic rings. The highest BCUT2D eigenvalue weighted by molar-refractivity contribution is 7.90. The highest BCUT2D eigenvalue weighted by atomic mass is 32.2. The molecular weight excluding hydrogens is 397 g/mol. The molecule has 6 nitrogen and oxygen atoms in total. The van der Waals surface area contributed by atoms with Gasteiger partial charge in [-0.1, -0.05) is 18.2 Å². The number of nitrogens with zero attached hydrogens (tertiary/aromatic N) is 1. The zero-order valence-corrected chi connectivity index (χ0v) is 16.0. The van der Waals surface area contributed by atoms with Gasteiger partial charge < -0.3 is 9.73 Å². The Morgan fingerprint density at radius 1 is 1.14 bits per heavy atom. The molecule has 0 saturated carbocycles. The molecule has 0 aliphatic carbocycles. The molecule has 0 radical (unpaired) electrons. The molecule has 0 atom stereocenters. The predicted molar refractivity (Wildman–Crippen MR) is 96.5 cm³/mol. The minimum atomic E-state index is -4.26. The monoisotopic (exact) mass is 418 g/mol. The van der Waals surface area contributed by atoms with Gasteiger partial charge >= 0.3 is 6.18 Å². The molecule has 10 heteroatoms. The van der Waals surface area contributed by atoms with Crippen molar-refractivity contribution in [1.29, 1.82) is 0 Å². The van der Waals surface area contributed by atoms with Gasteiger partial charge in [0.2, 0.25) is 0 Å². The van der Waals surface area contributed by atoms with Crippen molar-refractivity contribution < 1.29 is 30.8 Å². The summed E-state index contributed by atoms with van der Waals surface area (Å²) in [4.78, 5) is 13.3. The van der Waals surface area contributed by atoms with Gasteiger partial charge in [0.05, 0.1) is 11.4 Å². The zero-order chi connectivity index (χ0) is 20.8. The number of hydrogen-bond acceptors (Lipinski definition) is 5. The topological polar surface area (TPSA) is 79.6 Å². The Balaban J connectivity index is 1.82. The zero-order valence-electron chi connectivity index (χ0n) is 15.2. The second-order valence-corrected chi connectivity index (χ2v) is 8.29. The number of carbonyl (C=O) groups is 1. The molecule has 0 aliphatic heterocycles. The summed E-state index contributed by atoms with van der Waals surface area (Å²) in [5.74, 6) is -0.866. The maximum atomic E-state index is 12.3. The first-order valence-electron chi connectivity index (χ1n) is 8.47. The van der Waals surface area contributed by atoms with Gasteiger partial charge in [-0.25, -0.2) is 8.42 Å². The molecule has 2 aromatic rings. The fourth-order valence-electron chi connectivity index (χ4n) is 2.50. The first-order valence-corrected chi connectivity index (χ1v) is 10.1. The molecule has 0 saturated heterocycles. The standard InChI is InChI=1S/C18H21F3N2O4S/c1-23(13-18(19,20)21)11-5-10-22-17(24)16-9-8-14(27-16)12-28(25,26)15-6-3-2-4-7-15/h2-4,6-9H,5,10-13H2,1H3,(H,22,24). The van der Waals surface area contributed by atoms with Crippen molar-refractivity contribution in [2.75, 3.05) is 26.7 Å². The fraction of sp³-hybridized carbons (Fsp3) is 0.389. The van der Waals surface area contributed by atoms with Crippen molar-refractivity contribution in [1.82, 2.24) is 10.2 Å². The second-order valence-electron chi connectivity index (χ2n) is 6.30. The summed E-state index contributed by atoms with van der Waals surface area (Å²) in [5.41, 5.74) is 0. The van der Waals surface area contributed by atoms with Gasteiger partial charge in [0.15, 0.2) is 15.6 Å². The van der Waals surface area contributed by atoms with Crippen LogP contribution in [-0.2, 0) is 15.6 Å². The van der Waals surface area contributed by atoms with E-state index in [4.69, 9.17) is 4.42 Å². The fourth-order valence-corrected chi connectivity index (χ4v) is 3.77. The summed E-state index contributed by atoms with van der Waals surface area (Å²) < 4.78 is 66.6. The van der Waals surface area contributed by atoms with Gasteiger partial charge in [0.1, 0.15) is 11.5 Å². The number of carbonyl (C=O) groups excluding carboxylic acids is 1. The number of hydrogen-bond donors (Lipinski definition) is 1. The van der Waals surface area contributed by atoms with Gasteiger partial charge in [0, 0.05) is 6.54 Å². The molecule has 1 aromatic heterocycles. The third-order valence-corrected chi connectivity index (χ3v) is 5.43. The summed E-state index contributed by atoms with van der Waals surface area (Å²) in [6, 6.07) is 10.6. The van der Waals surface area contributed by atoms with E-state index in [1.54, 1.807) is 18.2 Å². The quantitative estimate of drug-likeness (QED) is 0.634. The smallest absolute Gasteiger partial charge is 0.401 e. The summed E-state index contributed by atoms with van der Waals surface area (Å²) in [7, 11) is -2.25. The molecule has 1 heterocycles.